The average molecular weight is 415 g/mol. The van der Waals surface area contributed by atoms with Gasteiger partial charge in [-0.15, -0.1) is 4.91 Å². The molecule has 0 atom stereocenters. The number of ether oxygens (including phenoxy) is 1. The number of hydrogen-bond acceptors (Lipinski definition) is 8. The van der Waals surface area contributed by atoms with Crippen molar-refractivity contribution in [3.63, 3.8) is 0 Å². The molecule has 4 rings (SSSR count). The maximum absolute atomic E-state index is 14.2. The molecule has 1 saturated carbocycles. The Morgan fingerprint density at radius 2 is 2.13 bits per heavy atom. The maximum Gasteiger partial charge on any atom is 0.251 e. The molecule has 10 nitrogen and oxygen atoms in total. The molecule has 2 heterocycles. The first kappa shape index (κ1) is 20.0. The van der Waals surface area contributed by atoms with Crippen LogP contribution >= 0.6 is 0 Å². The fourth-order valence-corrected chi connectivity index (χ4v) is 3.86. The first-order valence-electron chi connectivity index (χ1n) is 9.45. The van der Waals surface area contributed by atoms with Gasteiger partial charge in [-0.3, -0.25) is 4.79 Å². The number of rotatable bonds is 7. The fourth-order valence-electron chi connectivity index (χ4n) is 3.86. The number of carbonyl (C=O) groups excluding carboxylic acids is 1. The van der Waals surface area contributed by atoms with Crippen LogP contribution in [0.4, 0.5) is 27.5 Å². The topological polar surface area (TPSA) is 135 Å². The van der Waals surface area contributed by atoms with Gasteiger partial charge in [0.1, 0.15) is 11.5 Å². The van der Waals surface area contributed by atoms with E-state index >= 15 is 0 Å². The SMILES string of the molecule is Cc1cc(C(N)=O)c(F)cc1Nc1ncc(N(C)N=O)c(NC2CC3(COC3)C2)n1. The van der Waals surface area contributed by atoms with Crippen molar-refractivity contribution in [2.75, 3.05) is 35.9 Å². The van der Waals surface area contributed by atoms with Gasteiger partial charge in [0.05, 0.1) is 30.3 Å². The van der Waals surface area contributed by atoms with Crippen molar-refractivity contribution < 1.29 is 13.9 Å². The molecule has 0 bridgehead atoms. The van der Waals surface area contributed by atoms with E-state index < -0.39 is 11.7 Å². The van der Waals surface area contributed by atoms with Crippen molar-refractivity contribution in [3.8, 4) is 0 Å². The lowest BCUT2D eigenvalue weighted by atomic mass is 9.64. The number of amides is 1. The summed E-state index contributed by atoms with van der Waals surface area (Å²) in [7, 11) is 1.51. The second-order valence-electron chi connectivity index (χ2n) is 7.91. The van der Waals surface area contributed by atoms with Crippen molar-refractivity contribution >= 4 is 29.0 Å². The predicted molar refractivity (Wildman–Crippen MR) is 109 cm³/mol. The molecular formula is C19H22FN7O3. The second-order valence-corrected chi connectivity index (χ2v) is 7.91. The van der Waals surface area contributed by atoms with Gasteiger partial charge in [0, 0.05) is 24.2 Å². The van der Waals surface area contributed by atoms with Crippen LogP contribution in [0.25, 0.3) is 0 Å². The van der Waals surface area contributed by atoms with Gasteiger partial charge in [-0.2, -0.15) is 4.98 Å². The number of nitrogens with two attached hydrogens (primary N) is 1. The van der Waals surface area contributed by atoms with Gasteiger partial charge in [-0.25, -0.2) is 14.4 Å². The van der Waals surface area contributed by atoms with Gasteiger partial charge in [0.15, 0.2) is 5.82 Å². The van der Waals surface area contributed by atoms with Crippen LogP contribution in [0.3, 0.4) is 0 Å². The molecule has 4 N–H and O–H groups in total. The molecule has 1 aromatic carbocycles. The first-order chi connectivity index (χ1) is 14.3. The number of nitrogens with one attached hydrogen (secondary N) is 2. The molecule has 1 amide bonds. The second kappa shape index (κ2) is 7.48. The third-order valence-corrected chi connectivity index (χ3v) is 5.58. The normalized spacial score (nSPS) is 17.0. The Morgan fingerprint density at radius 1 is 1.40 bits per heavy atom. The Labute approximate surface area is 172 Å². The molecule has 30 heavy (non-hydrogen) atoms. The Kier molecular flexibility index (Phi) is 4.98. The van der Waals surface area contributed by atoms with Gasteiger partial charge in [0.2, 0.25) is 5.95 Å². The lowest BCUT2D eigenvalue weighted by Crippen LogP contribution is -2.56. The molecule has 1 aliphatic heterocycles. The summed E-state index contributed by atoms with van der Waals surface area (Å²) in [6, 6.07) is 2.74. The van der Waals surface area contributed by atoms with Crippen molar-refractivity contribution in [2.45, 2.75) is 25.8 Å². The average Bonchev–Trinajstić information content (AvgIpc) is 2.64. The van der Waals surface area contributed by atoms with Crippen molar-refractivity contribution in [2.24, 2.45) is 16.4 Å². The van der Waals surface area contributed by atoms with Crippen LogP contribution < -0.4 is 21.4 Å². The zero-order chi connectivity index (χ0) is 21.5. The van der Waals surface area contributed by atoms with Crippen LogP contribution in [0.2, 0.25) is 0 Å². The summed E-state index contributed by atoms with van der Waals surface area (Å²) < 4.78 is 19.5. The van der Waals surface area contributed by atoms with Crippen LogP contribution in [0, 0.1) is 23.1 Å². The Hall–Kier alpha value is -3.34. The van der Waals surface area contributed by atoms with Crippen molar-refractivity contribution in [1.82, 2.24) is 9.97 Å². The molecule has 2 aromatic rings. The highest BCUT2D eigenvalue weighted by atomic mass is 19.1. The molecule has 158 valence electrons. The predicted octanol–water partition coefficient (Wildman–Crippen LogP) is 2.48. The van der Waals surface area contributed by atoms with E-state index in [2.05, 4.69) is 25.9 Å². The standard InChI is InChI=1S/C19H22FN7O3/c1-10-3-12(16(21)28)13(20)4-14(10)24-18-22-7-15(27(2)26-29)17(25-18)23-11-5-19(6-11)8-30-9-19/h3-4,7,11H,5-6,8-9H2,1-2H3,(H2,21,28)(H2,22,23,24,25). The number of benzene rings is 1. The van der Waals surface area contributed by atoms with Gasteiger partial charge in [0.25, 0.3) is 5.91 Å². The summed E-state index contributed by atoms with van der Waals surface area (Å²) >= 11 is 0. The maximum atomic E-state index is 14.2. The van der Waals surface area contributed by atoms with E-state index in [0.717, 1.165) is 31.1 Å². The minimum Gasteiger partial charge on any atom is -0.380 e. The number of aromatic nitrogens is 2. The van der Waals surface area contributed by atoms with E-state index in [-0.39, 0.29) is 23.0 Å². The third-order valence-electron chi connectivity index (χ3n) is 5.58. The van der Waals surface area contributed by atoms with Crippen LogP contribution in [0.1, 0.15) is 28.8 Å². The minimum absolute atomic E-state index is 0.186. The number of aryl methyl sites for hydroxylation is 1. The lowest BCUT2D eigenvalue weighted by molar-refractivity contribution is -0.159. The minimum atomic E-state index is -0.839. The van der Waals surface area contributed by atoms with E-state index in [0.29, 0.717) is 22.8 Å². The first-order valence-corrected chi connectivity index (χ1v) is 9.45. The molecule has 0 radical (unpaired) electrons. The van der Waals surface area contributed by atoms with Gasteiger partial charge >= 0.3 is 0 Å². The van der Waals surface area contributed by atoms with Gasteiger partial charge < -0.3 is 21.1 Å². The largest absolute Gasteiger partial charge is 0.380 e. The zero-order valence-corrected chi connectivity index (χ0v) is 16.6. The molecule has 1 aliphatic carbocycles. The molecule has 2 fully saturated rings. The van der Waals surface area contributed by atoms with Crippen molar-refractivity contribution in [1.29, 1.82) is 0 Å². The fraction of sp³-hybridized carbons (Fsp3) is 0.421. The summed E-state index contributed by atoms with van der Waals surface area (Å²) in [5, 5.41) is 10.3. The van der Waals surface area contributed by atoms with E-state index in [1.54, 1.807) is 6.92 Å². The van der Waals surface area contributed by atoms with Crippen LogP contribution in [0.5, 0.6) is 0 Å². The Morgan fingerprint density at radius 3 is 2.73 bits per heavy atom. The number of halogens is 1. The van der Waals surface area contributed by atoms with Crippen LogP contribution in [-0.2, 0) is 4.74 Å². The molecule has 1 spiro atoms. The monoisotopic (exact) mass is 415 g/mol. The third kappa shape index (κ3) is 3.63. The summed E-state index contributed by atoms with van der Waals surface area (Å²) in [6.45, 7) is 3.26. The molecule has 0 unspecified atom stereocenters. The number of nitrogens with zero attached hydrogens (tertiary/aromatic N) is 4. The Bertz CT molecular complexity index is 1000. The summed E-state index contributed by atoms with van der Waals surface area (Å²) in [6.07, 6.45) is 3.37. The van der Waals surface area contributed by atoms with E-state index in [1.165, 1.54) is 25.4 Å². The summed E-state index contributed by atoms with van der Waals surface area (Å²) in [4.78, 5) is 31.0. The highest BCUT2D eigenvalue weighted by Gasteiger charge is 2.50. The number of primary amides is 1. The van der Waals surface area contributed by atoms with E-state index in [1.807, 2.05) is 0 Å². The highest BCUT2D eigenvalue weighted by Crippen LogP contribution is 2.48. The van der Waals surface area contributed by atoms with Gasteiger partial charge in [-0.05, 0) is 37.5 Å². The summed E-state index contributed by atoms with van der Waals surface area (Å²) in [5.74, 6) is -0.927. The molecule has 1 saturated heterocycles. The Balaban J connectivity index is 1.57. The number of hydrogen-bond donors (Lipinski definition) is 3. The number of anilines is 4. The van der Waals surface area contributed by atoms with Crippen molar-refractivity contribution in [3.05, 3.63) is 40.2 Å². The van der Waals surface area contributed by atoms with Crippen LogP contribution in [0.15, 0.2) is 23.6 Å². The lowest BCUT2D eigenvalue weighted by Gasteiger charge is -2.53. The quantitative estimate of drug-likeness (QED) is 0.464. The number of carbonyl (C=O) groups is 1. The van der Waals surface area contributed by atoms with Crippen LogP contribution in [-0.4, -0.2) is 42.2 Å². The van der Waals surface area contributed by atoms with Gasteiger partial charge in [-0.1, -0.05) is 0 Å². The smallest absolute Gasteiger partial charge is 0.251 e. The zero-order valence-electron chi connectivity index (χ0n) is 16.6. The summed E-state index contributed by atoms with van der Waals surface area (Å²) in [5.41, 5.74) is 6.68. The number of nitroso groups, excluding NO2 is 1. The van der Waals surface area contributed by atoms with E-state index in [9.17, 15) is 14.1 Å². The molecule has 2 aliphatic rings. The molecular weight excluding hydrogens is 393 g/mol. The van der Waals surface area contributed by atoms with E-state index in [4.69, 9.17) is 10.5 Å². The molecule has 1 aromatic heterocycles. The molecule has 11 heteroatoms. The highest BCUT2D eigenvalue weighted by molar-refractivity contribution is 5.94.